The highest BCUT2D eigenvalue weighted by Gasteiger charge is 2.38. The van der Waals surface area contributed by atoms with Gasteiger partial charge in [0.05, 0.1) is 0 Å². The van der Waals surface area contributed by atoms with Gasteiger partial charge >= 0.3 is 0 Å². The number of fused-ring (bicyclic) bond motifs is 1. The number of hydrogen-bond acceptors (Lipinski definition) is 3. The molecular formula is C23H20N2O2. The van der Waals surface area contributed by atoms with Crippen molar-refractivity contribution in [1.82, 2.24) is 0 Å². The van der Waals surface area contributed by atoms with Crippen LogP contribution < -0.4 is 10.2 Å². The lowest BCUT2D eigenvalue weighted by Gasteiger charge is -2.28. The monoisotopic (exact) mass is 356 g/mol. The number of hydrogen-bond donors (Lipinski definition) is 1. The van der Waals surface area contributed by atoms with Gasteiger partial charge in [0.25, 0.3) is 5.91 Å². The molecule has 1 amide bonds. The van der Waals surface area contributed by atoms with E-state index in [0.717, 1.165) is 22.5 Å². The molecule has 4 heteroatoms. The third kappa shape index (κ3) is 2.99. The fourth-order valence-corrected chi connectivity index (χ4v) is 3.53. The maximum atomic E-state index is 13.2. The van der Waals surface area contributed by atoms with Gasteiger partial charge in [-0.05, 0) is 43.7 Å². The molecule has 4 nitrogen and oxygen atoms in total. The Kier molecular flexibility index (Phi) is 4.24. The number of amides is 1. The minimum absolute atomic E-state index is 0.0114. The zero-order valence-electron chi connectivity index (χ0n) is 15.3. The van der Waals surface area contributed by atoms with Crippen molar-refractivity contribution in [1.29, 1.82) is 0 Å². The lowest BCUT2D eigenvalue weighted by atomic mass is 10.1. The first-order valence-corrected chi connectivity index (χ1v) is 8.92. The Morgan fingerprint density at radius 3 is 2.48 bits per heavy atom. The van der Waals surface area contributed by atoms with Crippen molar-refractivity contribution in [3.8, 4) is 0 Å². The van der Waals surface area contributed by atoms with Crippen LogP contribution in [0.15, 0.2) is 72.8 Å². The van der Waals surface area contributed by atoms with Crippen LogP contribution in [0.2, 0.25) is 0 Å². The summed E-state index contributed by atoms with van der Waals surface area (Å²) in [6.07, 6.45) is -0.336. The number of carbonyl (C=O) groups excluding carboxylic acids is 2. The van der Waals surface area contributed by atoms with Gasteiger partial charge in [0.1, 0.15) is 6.17 Å². The van der Waals surface area contributed by atoms with Crippen molar-refractivity contribution < 1.29 is 9.59 Å². The fourth-order valence-electron chi connectivity index (χ4n) is 3.53. The summed E-state index contributed by atoms with van der Waals surface area (Å²) in [6, 6.07) is 22.9. The molecular weight excluding hydrogens is 336 g/mol. The van der Waals surface area contributed by atoms with E-state index in [1.54, 1.807) is 17.9 Å². The molecule has 1 heterocycles. The highest BCUT2D eigenvalue weighted by molar-refractivity contribution is 6.11. The van der Waals surface area contributed by atoms with Gasteiger partial charge < -0.3 is 5.32 Å². The molecule has 0 aromatic heterocycles. The minimum Gasteiger partial charge on any atom is -0.361 e. The fraction of sp³-hybridized carbons (Fsp3) is 0.130. The van der Waals surface area contributed by atoms with E-state index in [9.17, 15) is 9.59 Å². The first kappa shape index (κ1) is 17.0. The summed E-state index contributed by atoms with van der Waals surface area (Å²) >= 11 is 0. The van der Waals surface area contributed by atoms with Crippen LogP contribution in [0.1, 0.15) is 44.9 Å². The Balaban J connectivity index is 1.80. The zero-order chi connectivity index (χ0) is 19.0. The number of anilines is 2. The summed E-state index contributed by atoms with van der Waals surface area (Å²) in [5.74, 6) is -0.0163. The molecule has 3 aromatic rings. The van der Waals surface area contributed by atoms with Crippen LogP contribution in [0.4, 0.5) is 11.4 Å². The van der Waals surface area contributed by atoms with Gasteiger partial charge in [-0.1, -0.05) is 48.5 Å². The van der Waals surface area contributed by atoms with Gasteiger partial charge in [-0.3, -0.25) is 14.5 Å². The van der Waals surface area contributed by atoms with Crippen LogP contribution in [-0.2, 0) is 0 Å². The van der Waals surface area contributed by atoms with Gasteiger partial charge in [0, 0.05) is 28.1 Å². The minimum atomic E-state index is -0.336. The maximum absolute atomic E-state index is 13.2. The number of rotatable bonds is 4. The first-order valence-electron chi connectivity index (χ1n) is 8.92. The quantitative estimate of drug-likeness (QED) is 0.672. The largest absolute Gasteiger partial charge is 0.361 e. The van der Waals surface area contributed by atoms with Crippen molar-refractivity contribution in [3.05, 3.63) is 95.1 Å². The first-order chi connectivity index (χ1) is 13.1. The normalized spacial score (nSPS) is 15.6. The lowest BCUT2D eigenvalue weighted by molar-refractivity contribution is 0.0989. The van der Waals surface area contributed by atoms with Crippen LogP contribution in [-0.4, -0.2) is 11.7 Å². The smallest absolute Gasteiger partial charge is 0.260 e. The molecule has 0 radical (unpaired) electrons. The second-order valence-corrected chi connectivity index (χ2v) is 6.73. The summed E-state index contributed by atoms with van der Waals surface area (Å²) in [5.41, 5.74) is 4.97. The highest BCUT2D eigenvalue weighted by Crippen LogP contribution is 2.39. The maximum Gasteiger partial charge on any atom is 0.260 e. The van der Waals surface area contributed by atoms with E-state index in [0.29, 0.717) is 11.1 Å². The molecule has 134 valence electrons. The number of Topliss-reactive ketones (excluding diaryl/α,β-unsaturated/α-hetero) is 1. The molecule has 0 bridgehead atoms. The number of nitrogens with zero attached hydrogens (tertiary/aromatic N) is 1. The third-order valence-corrected chi connectivity index (χ3v) is 4.91. The van der Waals surface area contributed by atoms with Crippen LogP contribution in [0.25, 0.3) is 0 Å². The molecule has 1 aliphatic heterocycles. The lowest BCUT2D eigenvalue weighted by Crippen LogP contribution is -2.32. The predicted octanol–water partition coefficient (Wildman–Crippen LogP) is 4.97. The average molecular weight is 356 g/mol. The number of para-hydroxylation sites is 1. The molecule has 0 aliphatic carbocycles. The average Bonchev–Trinajstić information content (AvgIpc) is 2.95. The van der Waals surface area contributed by atoms with Crippen molar-refractivity contribution in [3.63, 3.8) is 0 Å². The molecule has 1 N–H and O–H groups in total. The van der Waals surface area contributed by atoms with E-state index in [1.165, 1.54) is 0 Å². The Morgan fingerprint density at radius 2 is 1.70 bits per heavy atom. The van der Waals surface area contributed by atoms with Crippen molar-refractivity contribution in [2.45, 2.75) is 20.0 Å². The van der Waals surface area contributed by atoms with E-state index in [-0.39, 0.29) is 17.9 Å². The molecule has 0 spiro atoms. The molecule has 27 heavy (non-hydrogen) atoms. The SMILES string of the molecule is CC(=O)c1cccc(N[C@H]2c3ccccc3C(=O)N2c2ccccc2C)c1. The standard InChI is InChI=1S/C23H20N2O2/c1-15-8-3-6-13-21(15)25-22(19-11-4-5-12-20(19)23(25)27)24-18-10-7-9-17(14-18)16(2)26/h3-14,22,24H,1-2H3/t22-/m1/s1. The van der Waals surface area contributed by atoms with E-state index in [1.807, 2.05) is 73.7 Å². The van der Waals surface area contributed by atoms with Crippen LogP contribution in [0.3, 0.4) is 0 Å². The summed E-state index contributed by atoms with van der Waals surface area (Å²) in [7, 11) is 0. The Bertz CT molecular complexity index is 1040. The second kappa shape index (κ2) is 6.72. The molecule has 0 saturated carbocycles. The molecule has 0 fully saturated rings. The zero-order valence-corrected chi connectivity index (χ0v) is 15.3. The van der Waals surface area contributed by atoms with Gasteiger partial charge in [-0.2, -0.15) is 0 Å². The highest BCUT2D eigenvalue weighted by atomic mass is 16.2. The summed E-state index contributed by atoms with van der Waals surface area (Å²) < 4.78 is 0. The summed E-state index contributed by atoms with van der Waals surface area (Å²) in [6.45, 7) is 3.55. The van der Waals surface area contributed by atoms with Gasteiger partial charge in [-0.15, -0.1) is 0 Å². The van der Waals surface area contributed by atoms with Crippen molar-refractivity contribution in [2.75, 3.05) is 10.2 Å². The number of nitrogens with one attached hydrogen (secondary N) is 1. The molecule has 3 aromatic carbocycles. The number of aryl methyl sites for hydroxylation is 1. The molecule has 0 saturated heterocycles. The molecule has 1 aliphatic rings. The Morgan fingerprint density at radius 1 is 0.963 bits per heavy atom. The molecule has 4 rings (SSSR count). The topological polar surface area (TPSA) is 49.4 Å². The summed E-state index contributed by atoms with van der Waals surface area (Å²) in [4.78, 5) is 26.7. The Hall–Kier alpha value is -3.40. The predicted molar refractivity (Wildman–Crippen MR) is 107 cm³/mol. The van der Waals surface area contributed by atoms with Crippen LogP contribution in [0, 0.1) is 6.92 Å². The van der Waals surface area contributed by atoms with E-state index >= 15 is 0 Å². The van der Waals surface area contributed by atoms with Crippen molar-refractivity contribution >= 4 is 23.1 Å². The number of ketones is 1. The second-order valence-electron chi connectivity index (χ2n) is 6.73. The van der Waals surface area contributed by atoms with Crippen LogP contribution in [0.5, 0.6) is 0 Å². The van der Waals surface area contributed by atoms with Crippen molar-refractivity contribution in [2.24, 2.45) is 0 Å². The Labute approximate surface area is 158 Å². The number of carbonyl (C=O) groups is 2. The van der Waals surface area contributed by atoms with Gasteiger partial charge in [-0.25, -0.2) is 0 Å². The third-order valence-electron chi connectivity index (χ3n) is 4.91. The summed E-state index contributed by atoms with van der Waals surface area (Å²) in [5, 5.41) is 3.45. The van der Waals surface area contributed by atoms with Gasteiger partial charge in [0.2, 0.25) is 0 Å². The van der Waals surface area contributed by atoms with E-state index < -0.39 is 0 Å². The number of benzene rings is 3. The molecule has 1 atom stereocenters. The van der Waals surface area contributed by atoms with E-state index in [2.05, 4.69) is 5.32 Å². The molecule has 0 unspecified atom stereocenters. The van der Waals surface area contributed by atoms with Crippen LogP contribution >= 0.6 is 0 Å². The van der Waals surface area contributed by atoms with Gasteiger partial charge in [0.15, 0.2) is 5.78 Å². The van der Waals surface area contributed by atoms with E-state index in [4.69, 9.17) is 0 Å².